The number of allylic oxidation sites excluding steroid dienone is 1. The molecule has 3 atom stereocenters. The first-order chi connectivity index (χ1) is 13.1. The highest BCUT2D eigenvalue weighted by Crippen LogP contribution is 2.21. The fourth-order valence-electron chi connectivity index (χ4n) is 3.51. The molecule has 0 radical (unpaired) electrons. The monoisotopic (exact) mass is 380 g/mol. The SMILES string of the molecule is CCCCCC[C@@H](O)CC=CCCCCCCC(CC1C=CCO1)C(=O)O. The topological polar surface area (TPSA) is 66.8 Å². The minimum absolute atomic E-state index is 0.0155. The van der Waals surface area contributed by atoms with Gasteiger partial charge in [-0.1, -0.05) is 76.2 Å². The Morgan fingerprint density at radius 1 is 1.11 bits per heavy atom. The molecular formula is C23H40O4. The number of aliphatic carboxylic acids is 1. The summed E-state index contributed by atoms with van der Waals surface area (Å²) in [5, 5.41) is 19.3. The zero-order valence-corrected chi connectivity index (χ0v) is 17.2. The molecule has 156 valence electrons. The third kappa shape index (κ3) is 12.8. The molecule has 0 bridgehead atoms. The molecule has 27 heavy (non-hydrogen) atoms. The van der Waals surface area contributed by atoms with Gasteiger partial charge in [-0.25, -0.2) is 0 Å². The summed E-state index contributed by atoms with van der Waals surface area (Å²) in [5.74, 6) is -0.994. The highest BCUT2D eigenvalue weighted by molar-refractivity contribution is 5.70. The van der Waals surface area contributed by atoms with Crippen molar-refractivity contribution in [1.29, 1.82) is 0 Å². The van der Waals surface area contributed by atoms with Crippen LogP contribution in [0.3, 0.4) is 0 Å². The number of unbranched alkanes of at least 4 members (excludes halogenated alkanes) is 7. The summed E-state index contributed by atoms with van der Waals surface area (Å²) in [5.41, 5.74) is 0. The van der Waals surface area contributed by atoms with E-state index in [4.69, 9.17) is 4.74 Å². The van der Waals surface area contributed by atoms with Crippen molar-refractivity contribution >= 4 is 5.97 Å². The maximum absolute atomic E-state index is 11.4. The molecule has 0 amide bonds. The standard InChI is InChI=1S/C23H40O4/c1-2-3-4-11-15-21(24)16-12-9-7-5-6-8-10-14-20(23(25)26)19-22-17-13-18-27-22/h9,12-13,17,20-22,24H,2-8,10-11,14-16,18-19H2,1H3,(H,25,26)/t20?,21-,22?/m1/s1. The van der Waals surface area contributed by atoms with E-state index >= 15 is 0 Å². The van der Waals surface area contributed by atoms with Crippen LogP contribution in [0.15, 0.2) is 24.3 Å². The van der Waals surface area contributed by atoms with Gasteiger partial charge in [0.15, 0.2) is 0 Å². The Balaban J connectivity index is 1.97. The van der Waals surface area contributed by atoms with Crippen LogP contribution < -0.4 is 0 Å². The largest absolute Gasteiger partial charge is 0.481 e. The number of carboxylic acids is 1. The van der Waals surface area contributed by atoms with Crippen molar-refractivity contribution in [2.45, 2.75) is 103 Å². The summed E-state index contributed by atoms with van der Waals surface area (Å²) in [6, 6.07) is 0. The lowest BCUT2D eigenvalue weighted by atomic mass is 9.94. The molecule has 4 heteroatoms. The van der Waals surface area contributed by atoms with E-state index in [0.717, 1.165) is 57.8 Å². The first-order valence-electron chi connectivity index (χ1n) is 11.0. The number of aliphatic hydroxyl groups is 1. The fraction of sp³-hybridized carbons (Fsp3) is 0.783. The number of aliphatic hydroxyl groups excluding tert-OH is 1. The van der Waals surface area contributed by atoms with Gasteiger partial charge in [0.1, 0.15) is 0 Å². The Bertz CT molecular complexity index is 430. The average molecular weight is 381 g/mol. The zero-order valence-electron chi connectivity index (χ0n) is 17.2. The smallest absolute Gasteiger partial charge is 0.306 e. The van der Waals surface area contributed by atoms with E-state index in [1.165, 1.54) is 19.3 Å². The molecule has 0 spiro atoms. The summed E-state index contributed by atoms with van der Waals surface area (Å²) in [4.78, 5) is 11.4. The second-order valence-corrected chi connectivity index (χ2v) is 7.77. The van der Waals surface area contributed by atoms with Crippen molar-refractivity contribution in [3.05, 3.63) is 24.3 Å². The third-order valence-corrected chi connectivity index (χ3v) is 5.26. The summed E-state index contributed by atoms with van der Waals surface area (Å²) in [6.07, 6.45) is 21.3. The minimum atomic E-state index is -0.699. The van der Waals surface area contributed by atoms with E-state index in [-0.39, 0.29) is 18.1 Å². The number of carboxylic acid groups (broad SMARTS) is 1. The number of ether oxygens (including phenoxy) is 1. The Morgan fingerprint density at radius 3 is 2.56 bits per heavy atom. The van der Waals surface area contributed by atoms with Crippen molar-refractivity contribution in [3.63, 3.8) is 0 Å². The van der Waals surface area contributed by atoms with E-state index < -0.39 is 5.97 Å². The van der Waals surface area contributed by atoms with Crippen molar-refractivity contribution in [1.82, 2.24) is 0 Å². The second kappa shape index (κ2) is 15.9. The van der Waals surface area contributed by atoms with Crippen LogP contribution in [-0.2, 0) is 9.53 Å². The first-order valence-corrected chi connectivity index (χ1v) is 11.0. The van der Waals surface area contributed by atoms with Crippen LogP contribution in [0.5, 0.6) is 0 Å². The quantitative estimate of drug-likeness (QED) is 0.253. The lowest BCUT2D eigenvalue weighted by molar-refractivity contribution is -0.143. The van der Waals surface area contributed by atoms with E-state index in [1.54, 1.807) is 0 Å². The molecule has 1 heterocycles. The number of hydrogen-bond donors (Lipinski definition) is 2. The number of hydrogen-bond acceptors (Lipinski definition) is 3. The molecule has 2 N–H and O–H groups in total. The lowest BCUT2D eigenvalue weighted by Crippen LogP contribution is -2.20. The van der Waals surface area contributed by atoms with E-state index in [9.17, 15) is 15.0 Å². The van der Waals surface area contributed by atoms with Gasteiger partial charge in [-0.2, -0.15) is 0 Å². The highest BCUT2D eigenvalue weighted by atomic mass is 16.5. The number of rotatable bonds is 17. The fourth-order valence-corrected chi connectivity index (χ4v) is 3.51. The summed E-state index contributed by atoms with van der Waals surface area (Å²) >= 11 is 0. The second-order valence-electron chi connectivity index (χ2n) is 7.77. The van der Waals surface area contributed by atoms with Crippen molar-refractivity contribution in [2.24, 2.45) is 5.92 Å². The minimum Gasteiger partial charge on any atom is -0.481 e. The van der Waals surface area contributed by atoms with Crippen LogP contribution in [0.25, 0.3) is 0 Å². The summed E-state index contributed by atoms with van der Waals surface area (Å²) in [6.45, 7) is 2.81. The van der Waals surface area contributed by atoms with E-state index in [1.807, 2.05) is 12.2 Å². The Labute approximate surface area is 165 Å². The average Bonchev–Trinajstić information content (AvgIpc) is 3.16. The Hall–Kier alpha value is -1.13. The summed E-state index contributed by atoms with van der Waals surface area (Å²) in [7, 11) is 0. The molecular weight excluding hydrogens is 340 g/mol. The Morgan fingerprint density at radius 2 is 1.85 bits per heavy atom. The van der Waals surface area contributed by atoms with Crippen LogP contribution in [-0.4, -0.2) is 35.0 Å². The van der Waals surface area contributed by atoms with Crippen LogP contribution in [0.4, 0.5) is 0 Å². The van der Waals surface area contributed by atoms with Gasteiger partial charge >= 0.3 is 5.97 Å². The molecule has 1 rings (SSSR count). The van der Waals surface area contributed by atoms with E-state index in [2.05, 4.69) is 19.1 Å². The van der Waals surface area contributed by atoms with Crippen molar-refractivity contribution < 1.29 is 19.7 Å². The maximum Gasteiger partial charge on any atom is 0.306 e. The molecule has 0 aromatic rings. The lowest BCUT2D eigenvalue weighted by Gasteiger charge is -2.15. The van der Waals surface area contributed by atoms with Gasteiger partial charge in [-0.05, 0) is 38.5 Å². The van der Waals surface area contributed by atoms with Gasteiger partial charge in [0.05, 0.1) is 24.7 Å². The van der Waals surface area contributed by atoms with Crippen LogP contribution in [0.1, 0.15) is 90.4 Å². The molecule has 1 aliphatic rings. The predicted octanol–water partition coefficient (Wildman–Crippen LogP) is 5.65. The Kier molecular flexibility index (Phi) is 14.1. The highest BCUT2D eigenvalue weighted by Gasteiger charge is 2.22. The molecule has 0 saturated carbocycles. The van der Waals surface area contributed by atoms with E-state index in [0.29, 0.717) is 13.0 Å². The molecule has 0 saturated heterocycles. The van der Waals surface area contributed by atoms with Crippen LogP contribution in [0, 0.1) is 5.92 Å². The molecule has 2 unspecified atom stereocenters. The van der Waals surface area contributed by atoms with Crippen LogP contribution in [0.2, 0.25) is 0 Å². The van der Waals surface area contributed by atoms with Gasteiger partial charge in [0, 0.05) is 0 Å². The maximum atomic E-state index is 11.4. The van der Waals surface area contributed by atoms with Gasteiger partial charge in [0.25, 0.3) is 0 Å². The van der Waals surface area contributed by atoms with Gasteiger partial charge < -0.3 is 14.9 Å². The predicted molar refractivity (Wildman–Crippen MR) is 111 cm³/mol. The summed E-state index contributed by atoms with van der Waals surface area (Å²) < 4.78 is 5.47. The normalized spacial score (nSPS) is 19.0. The van der Waals surface area contributed by atoms with Crippen LogP contribution >= 0.6 is 0 Å². The first kappa shape index (κ1) is 23.9. The van der Waals surface area contributed by atoms with Gasteiger partial charge in [-0.3, -0.25) is 4.79 Å². The number of carbonyl (C=O) groups is 1. The molecule has 0 aliphatic carbocycles. The molecule has 4 nitrogen and oxygen atoms in total. The van der Waals surface area contributed by atoms with Crippen molar-refractivity contribution in [3.8, 4) is 0 Å². The molecule has 1 aliphatic heterocycles. The molecule has 0 aromatic carbocycles. The van der Waals surface area contributed by atoms with Gasteiger partial charge in [-0.15, -0.1) is 0 Å². The zero-order chi connectivity index (χ0) is 19.7. The third-order valence-electron chi connectivity index (χ3n) is 5.26. The van der Waals surface area contributed by atoms with Gasteiger partial charge in [0.2, 0.25) is 0 Å². The molecule has 0 fully saturated rings. The molecule has 0 aromatic heterocycles. The van der Waals surface area contributed by atoms with Crippen molar-refractivity contribution in [2.75, 3.05) is 6.61 Å².